The molecule has 0 fully saturated rings. The molecule has 7 aromatic carbocycles. The van der Waals surface area contributed by atoms with Crippen molar-refractivity contribution in [3.05, 3.63) is 234 Å². The van der Waals surface area contributed by atoms with Crippen LogP contribution < -0.4 is 23.7 Å². The van der Waals surface area contributed by atoms with E-state index in [1.807, 2.05) is 97.1 Å². The minimum atomic E-state index is -0.739. The van der Waals surface area contributed by atoms with Gasteiger partial charge < -0.3 is 37.9 Å². The molecule has 0 aliphatic carbocycles. The zero-order valence-corrected chi connectivity index (χ0v) is 52.0. The number of benzene rings is 7. The summed E-state index contributed by atoms with van der Waals surface area (Å²) in [5.74, 6) is 11.8. The van der Waals surface area contributed by atoms with Gasteiger partial charge >= 0.3 is 29.8 Å². The van der Waals surface area contributed by atoms with E-state index in [1.165, 1.54) is 18.2 Å². The molecule has 0 aliphatic heterocycles. The summed E-state index contributed by atoms with van der Waals surface area (Å²) in [6, 6.07) is 50.0. The van der Waals surface area contributed by atoms with E-state index in [1.54, 1.807) is 48.5 Å². The number of nitrogens with zero attached hydrogens (tertiary/aromatic N) is 1. The Morgan fingerprint density at radius 3 is 1.04 bits per heavy atom. The van der Waals surface area contributed by atoms with Gasteiger partial charge in [-0.1, -0.05) is 99.6 Å². The number of hydrogen-bond acceptors (Lipinski definition) is 14. The highest BCUT2D eigenvalue weighted by Gasteiger charge is 2.21. The SMILES string of the molecule is C=CC(=O)OCCCCCCOc1ccc(C#Cc2ccc(C(=O)Oc3ccc(OC(=O)c4ccc(C#Cc5ccc(OCCCCCCOC(=O)C=C)cc5)cc4)c(C(=O)OCCCCCCCCCCOc4ccc(-c5ccc(C#N)cc5)cc4)c3)cc2)cc1. The van der Waals surface area contributed by atoms with Gasteiger partial charge in [0.2, 0.25) is 0 Å². The van der Waals surface area contributed by atoms with Gasteiger partial charge in [-0.3, -0.25) is 0 Å². The first-order chi connectivity index (χ1) is 45.0. The number of carbonyl (C=O) groups excluding carboxylic acids is 5. The van der Waals surface area contributed by atoms with Crippen LogP contribution in [0.2, 0.25) is 0 Å². The number of unbranched alkanes of at least 4 members (excludes halogenated alkanes) is 13. The normalized spacial score (nSPS) is 10.4. The number of carbonyl (C=O) groups is 5. The molecule has 0 heterocycles. The Bertz CT molecular complexity index is 3680. The maximum atomic E-state index is 13.8. The molecule has 0 amide bonds. The van der Waals surface area contributed by atoms with Crippen molar-refractivity contribution in [2.45, 2.75) is 103 Å². The fourth-order valence-electron chi connectivity index (χ4n) is 9.22. The molecule has 472 valence electrons. The number of hydrogen-bond donors (Lipinski definition) is 0. The van der Waals surface area contributed by atoms with Crippen molar-refractivity contribution < 1.29 is 61.9 Å². The quantitative estimate of drug-likeness (QED) is 0.00902. The van der Waals surface area contributed by atoms with Crippen LogP contribution in [0.25, 0.3) is 11.1 Å². The lowest BCUT2D eigenvalue weighted by Crippen LogP contribution is -2.14. The van der Waals surface area contributed by atoms with Crippen molar-refractivity contribution in [1.29, 1.82) is 5.26 Å². The molecule has 0 spiro atoms. The lowest BCUT2D eigenvalue weighted by molar-refractivity contribution is -0.138. The van der Waals surface area contributed by atoms with Crippen LogP contribution in [0.3, 0.4) is 0 Å². The van der Waals surface area contributed by atoms with Gasteiger partial charge in [-0.05, 0) is 215 Å². The topological polar surface area (TPSA) is 183 Å². The zero-order chi connectivity index (χ0) is 64.8. The molecule has 0 N–H and O–H groups in total. The van der Waals surface area contributed by atoms with E-state index in [2.05, 4.69) is 42.9 Å². The van der Waals surface area contributed by atoms with E-state index in [0.717, 1.165) is 148 Å². The Hall–Kier alpha value is -10.6. The predicted octanol–water partition coefficient (Wildman–Crippen LogP) is 16.2. The Balaban J connectivity index is 0.874. The summed E-state index contributed by atoms with van der Waals surface area (Å²) in [4.78, 5) is 63.2. The molecule has 0 saturated carbocycles. The smallest absolute Gasteiger partial charge is 0.343 e. The first kappa shape index (κ1) is 68.9. The molecule has 0 radical (unpaired) electrons. The molecular formula is C78H77NO13. The van der Waals surface area contributed by atoms with Crippen molar-refractivity contribution in [1.82, 2.24) is 0 Å². The van der Waals surface area contributed by atoms with Crippen LogP contribution in [0.15, 0.2) is 189 Å². The van der Waals surface area contributed by atoms with Gasteiger partial charge in [-0.2, -0.15) is 5.26 Å². The largest absolute Gasteiger partial charge is 0.494 e. The predicted molar refractivity (Wildman–Crippen MR) is 354 cm³/mol. The van der Waals surface area contributed by atoms with Crippen LogP contribution in [0.1, 0.15) is 162 Å². The molecule has 0 aliphatic rings. The monoisotopic (exact) mass is 1240 g/mol. The number of ether oxygens (including phenoxy) is 8. The van der Waals surface area contributed by atoms with E-state index in [-0.39, 0.29) is 34.8 Å². The van der Waals surface area contributed by atoms with Crippen LogP contribution >= 0.6 is 0 Å². The maximum absolute atomic E-state index is 13.8. The highest BCUT2D eigenvalue weighted by Crippen LogP contribution is 2.28. The summed E-state index contributed by atoms with van der Waals surface area (Å²) in [5.41, 5.74) is 6.03. The molecule has 0 saturated heterocycles. The van der Waals surface area contributed by atoms with E-state index in [4.69, 9.17) is 43.2 Å². The third kappa shape index (κ3) is 25.1. The summed E-state index contributed by atoms with van der Waals surface area (Å²) in [5, 5.41) is 9.07. The molecule has 7 rings (SSSR count). The molecule has 0 unspecified atom stereocenters. The van der Waals surface area contributed by atoms with Crippen molar-refractivity contribution in [2.75, 3.05) is 39.6 Å². The minimum Gasteiger partial charge on any atom is -0.494 e. The van der Waals surface area contributed by atoms with Gasteiger partial charge in [0.05, 0.1) is 62.4 Å². The molecule has 0 bridgehead atoms. The fraction of sp³-hybridized carbons (Fsp3) is 0.282. The van der Waals surface area contributed by atoms with Gasteiger partial charge in [0.25, 0.3) is 0 Å². The van der Waals surface area contributed by atoms with E-state index >= 15 is 0 Å². The number of nitriles is 1. The Kier molecular flexibility index (Phi) is 29.5. The van der Waals surface area contributed by atoms with Crippen LogP contribution in [0, 0.1) is 35.0 Å². The van der Waals surface area contributed by atoms with Gasteiger partial charge in [-0.15, -0.1) is 0 Å². The summed E-state index contributed by atoms with van der Waals surface area (Å²) < 4.78 is 45.0. The molecule has 92 heavy (non-hydrogen) atoms. The third-order valence-corrected chi connectivity index (χ3v) is 14.4. The van der Waals surface area contributed by atoms with Gasteiger partial charge in [0.15, 0.2) is 0 Å². The fourth-order valence-corrected chi connectivity index (χ4v) is 9.22. The molecule has 14 nitrogen and oxygen atoms in total. The lowest BCUT2D eigenvalue weighted by Gasteiger charge is -2.12. The van der Waals surface area contributed by atoms with Crippen molar-refractivity contribution in [3.63, 3.8) is 0 Å². The van der Waals surface area contributed by atoms with E-state index < -0.39 is 29.8 Å². The van der Waals surface area contributed by atoms with Crippen molar-refractivity contribution in [2.24, 2.45) is 0 Å². The van der Waals surface area contributed by atoms with Crippen LogP contribution in [-0.2, 0) is 23.8 Å². The molecular weight excluding hydrogens is 1160 g/mol. The second-order valence-corrected chi connectivity index (χ2v) is 21.4. The highest BCUT2D eigenvalue weighted by atomic mass is 16.6. The lowest BCUT2D eigenvalue weighted by atomic mass is 10.0. The Morgan fingerprint density at radius 2 is 0.652 bits per heavy atom. The number of esters is 5. The van der Waals surface area contributed by atoms with Gasteiger partial charge in [-0.25, -0.2) is 24.0 Å². The van der Waals surface area contributed by atoms with E-state index in [9.17, 15) is 24.0 Å². The summed E-state index contributed by atoms with van der Waals surface area (Å²) >= 11 is 0. The highest BCUT2D eigenvalue weighted by molar-refractivity contribution is 5.97. The summed E-state index contributed by atoms with van der Waals surface area (Å²) in [6.45, 7) is 9.47. The molecule has 14 heteroatoms. The third-order valence-electron chi connectivity index (χ3n) is 14.4. The van der Waals surface area contributed by atoms with Gasteiger partial charge in [0, 0.05) is 34.4 Å². The molecule has 7 aromatic rings. The van der Waals surface area contributed by atoms with Crippen LogP contribution in [-0.4, -0.2) is 69.5 Å². The molecule has 0 atom stereocenters. The summed E-state index contributed by atoms with van der Waals surface area (Å²) in [6.07, 6.45) is 17.1. The maximum Gasteiger partial charge on any atom is 0.343 e. The van der Waals surface area contributed by atoms with Crippen LogP contribution in [0.4, 0.5) is 0 Å². The Morgan fingerprint density at radius 1 is 0.337 bits per heavy atom. The number of rotatable bonds is 36. The van der Waals surface area contributed by atoms with Gasteiger partial charge in [0.1, 0.15) is 34.3 Å². The first-order valence-electron chi connectivity index (χ1n) is 31.3. The second-order valence-electron chi connectivity index (χ2n) is 21.4. The average molecular weight is 1240 g/mol. The second kappa shape index (κ2) is 39.4. The molecule has 0 aromatic heterocycles. The van der Waals surface area contributed by atoms with Crippen LogP contribution in [0.5, 0.6) is 28.7 Å². The van der Waals surface area contributed by atoms with Crippen molar-refractivity contribution >= 4 is 29.8 Å². The van der Waals surface area contributed by atoms with Crippen molar-refractivity contribution in [3.8, 4) is 69.6 Å². The van der Waals surface area contributed by atoms with E-state index in [0.29, 0.717) is 56.1 Å². The summed E-state index contributed by atoms with van der Waals surface area (Å²) in [7, 11) is 0. The Labute approximate surface area is 540 Å². The standard InChI is InChI=1S/C78H77NO13/c1-3-74(80)88-54-18-13-11-16-52-85-68-43-31-61(32-44-68)23-21-59-25-37-66(38-26-59)76(82)91-71-49-50-73(92-77(83)67-39-27-60(28-40-67)22-24-62-33-45-69(46-34-62)86-53-17-12-14-19-55-89-75(81)4-2)72(57-71)78(84)90-56-20-10-8-6-5-7-9-15-51-87-70-47-41-65(42-48-70)64-35-29-63(58-79)30-36-64/h3-4,25-50,57H,1-2,5-20,51-56H2. The average Bonchev–Trinajstić information content (AvgIpc) is 0.972. The minimum absolute atomic E-state index is 0.0437. The first-order valence-corrected chi connectivity index (χ1v) is 31.3. The zero-order valence-electron chi connectivity index (χ0n) is 52.0.